The fourth-order valence-corrected chi connectivity index (χ4v) is 2.79. The van der Waals surface area contributed by atoms with Crippen LogP contribution in [0.25, 0.3) is 16.8 Å². The molecule has 3 rings (SSSR count). The summed E-state index contributed by atoms with van der Waals surface area (Å²) in [4.78, 5) is 16.1. The predicted molar refractivity (Wildman–Crippen MR) is 81.4 cm³/mol. The molecule has 3 aromatic rings. The summed E-state index contributed by atoms with van der Waals surface area (Å²) in [6, 6.07) is 7.83. The molecular weight excluding hydrogens is 288 g/mol. The quantitative estimate of drug-likeness (QED) is 0.430. The van der Waals surface area contributed by atoms with Crippen LogP contribution in [-0.2, 0) is 9.53 Å². The van der Waals surface area contributed by atoms with Crippen molar-refractivity contribution in [2.45, 2.75) is 24.9 Å². The van der Waals surface area contributed by atoms with Gasteiger partial charge in [-0.2, -0.15) is 0 Å². The molecule has 1 N–H and O–H groups in total. The number of hydrogen-bond donors (Lipinski definition) is 1. The molecule has 21 heavy (non-hydrogen) atoms. The fraction of sp³-hybridized carbons (Fsp3) is 0.357. The third-order valence-corrected chi connectivity index (χ3v) is 4.00. The van der Waals surface area contributed by atoms with Crippen molar-refractivity contribution in [3.63, 3.8) is 0 Å². The first-order chi connectivity index (χ1) is 10.3. The highest BCUT2D eigenvalue weighted by atomic mass is 32.2. The third-order valence-electron chi connectivity index (χ3n) is 3.08. The Morgan fingerprint density at radius 3 is 3.14 bits per heavy atom. The Balaban J connectivity index is 1.74. The van der Waals surface area contributed by atoms with Crippen LogP contribution in [0, 0.1) is 0 Å². The van der Waals surface area contributed by atoms with E-state index in [0.29, 0.717) is 17.5 Å². The van der Waals surface area contributed by atoms with Crippen molar-refractivity contribution in [1.82, 2.24) is 19.6 Å². The summed E-state index contributed by atoms with van der Waals surface area (Å²) in [7, 11) is 0. The van der Waals surface area contributed by atoms with Gasteiger partial charge >= 0.3 is 5.97 Å². The van der Waals surface area contributed by atoms with Gasteiger partial charge in [-0.3, -0.25) is 9.20 Å². The number of thioether (sulfide) groups is 1. The molecule has 110 valence electrons. The van der Waals surface area contributed by atoms with Gasteiger partial charge in [-0.05, 0) is 18.6 Å². The zero-order valence-electron chi connectivity index (χ0n) is 11.7. The number of ether oxygens (including phenoxy) is 1. The summed E-state index contributed by atoms with van der Waals surface area (Å²) in [6.45, 7) is 2.55. The molecule has 2 aromatic heterocycles. The number of aromatic nitrogens is 4. The van der Waals surface area contributed by atoms with Crippen molar-refractivity contribution in [1.29, 1.82) is 0 Å². The van der Waals surface area contributed by atoms with E-state index in [1.807, 2.05) is 28.7 Å². The first-order valence-electron chi connectivity index (χ1n) is 6.89. The number of esters is 1. The number of carbonyl (C=O) groups excluding carboxylic acids is 1. The summed E-state index contributed by atoms with van der Waals surface area (Å²) in [5.41, 5.74) is 1.88. The average Bonchev–Trinajstić information content (AvgIpc) is 3.04. The molecule has 0 radical (unpaired) electrons. The number of unbranched alkanes of at least 4 members (excludes halogenated alkanes) is 1. The first kappa shape index (κ1) is 13.9. The molecule has 0 aliphatic heterocycles. The van der Waals surface area contributed by atoms with E-state index in [0.717, 1.165) is 23.9 Å². The van der Waals surface area contributed by atoms with Gasteiger partial charge in [0.05, 0.1) is 23.4 Å². The van der Waals surface area contributed by atoms with E-state index in [1.165, 1.54) is 11.8 Å². The van der Waals surface area contributed by atoms with Gasteiger partial charge < -0.3 is 4.74 Å². The van der Waals surface area contributed by atoms with E-state index in [-0.39, 0.29) is 11.7 Å². The highest BCUT2D eigenvalue weighted by Crippen LogP contribution is 2.22. The van der Waals surface area contributed by atoms with Crippen LogP contribution in [0.1, 0.15) is 19.8 Å². The maximum absolute atomic E-state index is 11.6. The number of fused-ring (bicyclic) bond motifs is 3. The predicted octanol–water partition coefficient (Wildman–Crippen LogP) is 2.65. The largest absolute Gasteiger partial charge is 0.465 e. The Morgan fingerprint density at radius 2 is 2.29 bits per heavy atom. The molecule has 7 heteroatoms. The Morgan fingerprint density at radius 1 is 1.43 bits per heavy atom. The second kappa shape index (κ2) is 6.17. The van der Waals surface area contributed by atoms with Gasteiger partial charge in [0, 0.05) is 0 Å². The highest BCUT2D eigenvalue weighted by Gasteiger charge is 2.13. The van der Waals surface area contributed by atoms with E-state index in [2.05, 4.69) is 22.1 Å². The molecule has 0 aliphatic rings. The molecule has 0 spiro atoms. The van der Waals surface area contributed by atoms with E-state index in [4.69, 9.17) is 4.74 Å². The Kier molecular flexibility index (Phi) is 4.10. The van der Waals surface area contributed by atoms with E-state index < -0.39 is 0 Å². The summed E-state index contributed by atoms with van der Waals surface area (Å²) >= 11 is 1.35. The van der Waals surface area contributed by atoms with Crippen LogP contribution in [0.15, 0.2) is 29.4 Å². The topological polar surface area (TPSA) is 72.3 Å². The van der Waals surface area contributed by atoms with Gasteiger partial charge in [-0.15, -0.1) is 5.10 Å². The van der Waals surface area contributed by atoms with Crippen molar-refractivity contribution < 1.29 is 9.53 Å². The van der Waals surface area contributed by atoms with Crippen molar-refractivity contribution in [2.75, 3.05) is 12.4 Å². The normalized spacial score (nSPS) is 11.3. The van der Waals surface area contributed by atoms with Gasteiger partial charge in [0.25, 0.3) is 0 Å². The van der Waals surface area contributed by atoms with Gasteiger partial charge in [0.15, 0.2) is 5.16 Å². The number of hydrogen-bond acceptors (Lipinski definition) is 5. The maximum atomic E-state index is 11.6. The standard InChI is InChI=1S/C14H16N4O2S/c1-2-3-8-20-12(19)9-21-14-17-16-13-15-10-6-4-5-7-11(10)18(13)14/h4-7H,2-3,8-9H2,1H3,(H,15,16). The number of benzene rings is 1. The molecule has 0 saturated heterocycles. The lowest BCUT2D eigenvalue weighted by atomic mass is 10.3. The zero-order valence-corrected chi connectivity index (χ0v) is 12.5. The van der Waals surface area contributed by atoms with Crippen LogP contribution in [0.2, 0.25) is 0 Å². The summed E-state index contributed by atoms with van der Waals surface area (Å²) in [5, 5.41) is 7.80. The Labute approximate surface area is 125 Å². The molecule has 0 atom stereocenters. The summed E-state index contributed by atoms with van der Waals surface area (Å²) in [5.74, 6) is 0.711. The minimum Gasteiger partial charge on any atom is -0.465 e. The molecule has 6 nitrogen and oxygen atoms in total. The van der Waals surface area contributed by atoms with Gasteiger partial charge in [0.2, 0.25) is 5.78 Å². The monoisotopic (exact) mass is 304 g/mol. The molecule has 2 heterocycles. The van der Waals surface area contributed by atoms with Crippen LogP contribution in [0.5, 0.6) is 0 Å². The number of para-hydroxylation sites is 2. The van der Waals surface area contributed by atoms with Gasteiger partial charge in [0.1, 0.15) is 0 Å². The van der Waals surface area contributed by atoms with Crippen LogP contribution in [-0.4, -0.2) is 37.9 Å². The number of rotatable bonds is 6. The number of aromatic amines is 1. The molecule has 0 amide bonds. The minimum absolute atomic E-state index is 0.214. The van der Waals surface area contributed by atoms with Gasteiger partial charge in [-0.1, -0.05) is 37.2 Å². The van der Waals surface area contributed by atoms with E-state index >= 15 is 0 Å². The van der Waals surface area contributed by atoms with E-state index in [9.17, 15) is 4.79 Å². The lowest BCUT2D eigenvalue weighted by molar-refractivity contribution is -0.140. The lowest BCUT2D eigenvalue weighted by Gasteiger charge is -2.02. The van der Waals surface area contributed by atoms with Crippen LogP contribution in [0.3, 0.4) is 0 Å². The number of H-pyrrole nitrogens is 1. The van der Waals surface area contributed by atoms with Crippen molar-refractivity contribution in [3.05, 3.63) is 24.3 Å². The van der Waals surface area contributed by atoms with Crippen molar-refractivity contribution in [2.24, 2.45) is 0 Å². The second-order valence-electron chi connectivity index (χ2n) is 4.63. The van der Waals surface area contributed by atoms with Crippen molar-refractivity contribution in [3.8, 4) is 0 Å². The molecule has 1 aromatic carbocycles. The smallest absolute Gasteiger partial charge is 0.316 e. The maximum Gasteiger partial charge on any atom is 0.316 e. The Hall–Kier alpha value is -2.02. The Bertz CT molecular complexity index is 765. The molecular formula is C14H16N4O2S. The molecule has 0 aliphatic carbocycles. The number of nitrogens with one attached hydrogen (secondary N) is 1. The SMILES string of the molecule is CCCCOC(=O)CSc1n[nH]c2nc3ccccc3n12. The second-order valence-corrected chi connectivity index (χ2v) is 5.57. The summed E-state index contributed by atoms with van der Waals surface area (Å²) < 4.78 is 7.06. The third kappa shape index (κ3) is 2.87. The molecule has 0 fully saturated rings. The molecule has 0 unspecified atom stereocenters. The van der Waals surface area contributed by atoms with Crippen molar-refractivity contribution >= 4 is 34.5 Å². The average molecular weight is 304 g/mol. The fourth-order valence-electron chi connectivity index (χ4n) is 2.03. The van der Waals surface area contributed by atoms with E-state index in [1.54, 1.807) is 0 Å². The van der Waals surface area contributed by atoms with Crippen LogP contribution >= 0.6 is 11.8 Å². The number of imidazole rings is 1. The number of carbonyl (C=O) groups is 1. The molecule has 0 saturated carbocycles. The van der Waals surface area contributed by atoms with Crippen LogP contribution < -0.4 is 0 Å². The number of nitrogens with zero attached hydrogens (tertiary/aromatic N) is 3. The van der Waals surface area contributed by atoms with Gasteiger partial charge in [-0.25, -0.2) is 10.1 Å². The zero-order chi connectivity index (χ0) is 14.7. The minimum atomic E-state index is -0.214. The molecule has 0 bridgehead atoms. The lowest BCUT2D eigenvalue weighted by Crippen LogP contribution is -2.08. The highest BCUT2D eigenvalue weighted by molar-refractivity contribution is 7.99. The first-order valence-corrected chi connectivity index (χ1v) is 7.88. The summed E-state index contributed by atoms with van der Waals surface area (Å²) in [6.07, 6.45) is 1.91. The van der Waals surface area contributed by atoms with Crippen LogP contribution in [0.4, 0.5) is 0 Å².